The van der Waals surface area contributed by atoms with E-state index in [1.165, 1.54) is 12.1 Å². The molecule has 0 aliphatic rings. The summed E-state index contributed by atoms with van der Waals surface area (Å²) in [6.45, 7) is 7.57. The smallest absolute Gasteiger partial charge is 0.269 e. The molecule has 0 fully saturated rings. The number of nitro benzene ring substituents is 1. The van der Waals surface area contributed by atoms with Gasteiger partial charge in [-0.25, -0.2) is 0 Å². The predicted octanol–water partition coefficient (Wildman–Crippen LogP) is 5.90. The summed E-state index contributed by atoms with van der Waals surface area (Å²) in [6, 6.07) is 17.7. The van der Waals surface area contributed by atoms with Gasteiger partial charge in [-0.2, -0.15) is 5.10 Å². The molecule has 0 heterocycles. The highest BCUT2D eigenvalue weighted by molar-refractivity contribution is 5.81. The Morgan fingerprint density at radius 2 is 1.65 bits per heavy atom. The van der Waals surface area contributed by atoms with E-state index in [4.69, 9.17) is 14.2 Å². The zero-order valence-corrected chi connectivity index (χ0v) is 19.6. The van der Waals surface area contributed by atoms with E-state index in [-0.39, 0.29) is 5.69 Å². The number of para-hydroxylation sites is 1. The van der Waals surface area contributed by atoms with Gasteiger partial charge in [-0.05, 0) is 67.8 Å². The van der Waals surface area contributed by atoms with Crippen LogP contribution in [-0.4, -0.2) is 31.0 Å². The van der Waals surface area contributed by atoms with Gasteiger partial charge in [0.25, 0.3) is 5.69 Å². The van der Waals surface area contributed by atoms with Gasteiger partial charge < -0.3 is 14.2 Å². The molecule has 3 aromatic rings. The SMILES string of the molecule is CCOc1cc(/C=N/Nc2ccc([N+](=O)[O-])cc2)ccc1OCCCOc1c(C)cccc1C. The number of hydrogen-bond acceptors (Lipinski definition) is 7. The topological polar surface area (TPSA) is 95.2 Å². The summed E-state index contributed by atoms with van der Waals surface area (Å²) in [5, 5.41) is 14.9. The van der Waals surface area contributed by atoms with E-state index in [1.807, 2.05) is 57.2 Å². The zero-order chi connectivity index (χ0) is 24.3. The molecule has 1 N–H and O–H groups in total. The molecule has 0 amide bonds. The number of benzene rings is 3. The van der Waals surface area contributed by atoms with Gasteiger partial charge >= 0.3 is 0 Å². The molecule has 3 aromatic carbocycles. The summed E-state index contributed by atoms with van der Waals surface area (Å²) in [7, 11) is 0. The molecular formula is C26H29N3O5. The van der Waals surface area contributed by atoms with Crippen LogP contribution in [0.1, 0.15) is 30.0 Å². The van der Waals surface area contributed by atoms with Crippen LogP contribution in [0.4, 0.5) is 11.4 Å². The van der Waals surface area contributed by atoms with Crippen LogP contribution in [-0.2, 0) is 0 Å². The van der Waals surface area contributed by atoms with Gasteiger partial charge in [0, 0.05) is 18.6 Å². The maximum absolute atomic E-state index is 10.7. The minimum Gasteiger partial charge on any atom is -0.493 e. The van der Waals surface area contributed by atoms with Crippen molar-refractivity contribution in [1.29, 1.82) is 0 Å². The average molecular weight is 464 g/mol. The van der Waals surface area contributed by atoms with Crippen molar-refractivity contribution in [2.75, 3.05) is 25.2 Å². The Hall–Kier alpha value is -4.07. The second-order valence-electron chi connectivity index (χ2n) is 7.58. The molecule has 178 valence electrons. The van der Waals surface area contributed by atoms with Crippen LogP contribution >= 0.6 is 0 Å². The number of aryl methyl sites for hydroxylation is 2. The van der Waals surface area contributed by atoms with Crippen LogP contribution < -0.4 is 19.6 Å². The standard InChI is InChI=1S/C26H29N3O5/c1-4-32-25-17-21(18-27-28-22-10-12-23(13-11-22)29(30)31)9-14-24(25)33-15-6-16-34-26-19(2)7-5-8-20(26)3/h5,7-14,17-18,28H,4,6,15-16H2,1-3H3/b27-18+. The lowest BCUT2D eigenvalue weighted by Crippen LogP contribution is -2.07. The molecule has 0 bridgehead atoms. The highest BCUT2D eigenvalue weighted by Gasteiger charge is 2.07. The maximum atomic E-state index is 10.7. The summed E-state index contributed by atoms with van der Waals surface area (Å²) >= 11 is 0. The fraction of sp³-hybridized carbons (Fsp3) is 0.269. The predicted molar refractivity (Wildman–Crippen MR) is 133 cm³/mol. The summed E-state index contributed by atoms with van der Waals surface area (Å²) in [6.07, 6.45) is 2.38. The Kier molecular flexibility index (Phi) is 8.85. The first kappa shape index (κ1) is 24.6. The molecule has 8 nitrogen and oxygen atoms in total. The van der Waals surface area contributed by atoms with Crippen molar-refractivity contribution in [2.24, 2.45) is 5.10 Å². The average Bonchev–Trinajstić information content (AvgIpc) is 2.82. The highest BCUT2D eigenvalue weighted by Crippen LogP contribution is 2.28. The number of nitro groups is 1. The number of hydrogen-bond donors (Lipinski definition) is 1. The van der Waals surface area contributed by atoms with E-state index in [0.717, 1.165) is 28.9 Å². The molecule has 0 aromatic heterocycles. The number of nitrogens with zero attached hydrogens (tertiary/aromatic N) is 2. The number of hydrazone groups is 1. The third-order valence-corrected chi connectivity index (χ3v) is 4.95. The second kappa shape index (κ2) is 12.2. The summed E-state index contributed by atoms with van der Waals surface area (Å²) in [4.78, 5) is 10.3. The normalized spacial score (nSPS) is 10.8. The number of nitrogens with one attached hydrogen (secondary N) is 1. The van der Waals surface area contributed by atoms with Crippen LogP contribution in [0, 0.1) is 24.0 Å². The van der Waals surface area contributed by atoms with Gasteiger partial charge in [0.15, 0.2) is 11.5 Å². The van der Waals surface area contributed by atoms with E-state index in [9.17, 15) is 10.1 Å². The van der Waals surface area contributed by atoms with Crippen molar-refractivity contribution < 1.29 is 19.1 Å². The van der Waals surface area contributed by atoms with Crippen LogP contribution in [0.2, 0.25) is 0 Å². The molecule has 3 rings (SSSR count). The Bertz CT molecular complexity index is 1110. The summed E-state index contributed by atoms with van der Waals surface area (Å²) in [5.41, 5.74) is 6.61. The van der Waals surface area contributed by atoms with Crippen molar-refractivity contribution in [3.05, 3.63) is 87.5 Å². The molecule has 0 aliphatic carbocycles. The zero-order valence-electron chi connectivity index (χ0n) is 19.6. The lowest BCUT2D eigenvalue weighted by molar-refractivity contribution is -0.384. The van der Waals surface area contributed by atoms with Gasteiger partial charge in [0.1, 0.15) is 5.75 Å². The minimum atomic E-state index is -0.440. The first-order valence-electron chi connectivity index (χ1n) is 11.1. The third-order valence-electron chi connectivity index (χ3n) is 4.95. The van der Waals surface area contributed by atoms with Crippen molar-refractivity contribution in [2.45, 2.75) is 27.2 Å². The van der Waals surface area contributed by atoms with Gasteiger partial charge in [-0.3, -0.25) is 15.5 Å². The second-order valence-corrected chi connectivity index (χ2v) is 7.58. The van der Waals surface area contributed by atoms with Crippen molar-refractivity contribution in [3.63, 3.8) is 0 Å². The first-order chi connectivity index (χ1) is 16.5. The molecule has 0 atom stereocenters. The Labute approximate surface area is 199 Å². The molecule has 0 unspecified atom stereocenters. The molecule has 0 saturated heterocycles. The van der Waals surface area contributed by atoms with E-state index in [2.05, 4.69) is 10.5 Å². The van der Waals surface area contributed by atoms with Crippen LogP contribution in [0.3, 0.4) is 0 Å². The van der Waals surface area contributed by atoms with Crippen molar-refractivity contribution >= 4 is 17.6 Å². The highest BCUT2D eigenvalue weighted by atomic mass is 16.6. The van der Waals surface area contributed by atoms with Crippen LogP contribution in [0.25, 0.3) is 0 Å². The molecule has 0 saturated carbocycles. The number of rotatable bonds is 12. The van der Waals surface area contributed by atoms with Crippen molar-refractivity contribution in [3.8, 4) is 17.2 Å². The largest absolute Gasteiger partial charge is 0.493 e. The Morgan fingerprint density at radius 3 is 2.32 bits per heavy atom. The van der Waals surface area contributed by atoms with Gasteiger partial charge in [-0.1, -0.05) is 18.2 Å². The van der Waals surface area contributed by atoms with E-state index in [1.54, 1.807) is 18.3 Å². The molecule has 0 spiro atoms. The molecule has 0 radical (unpaired) electrons. The minimum absolute atomic E-state index is 0.0309. The molecule has 34 heavy (non-hydrogen) atoms. The monoisotopic (exact) mass is 463 g/mol. The quantitative estimate of drug-likeness (QED) is 0.155. The number of non-ortho nitro benzene ring substituents is 1. The van der Waals surface area contributed by atoms with Gasteiger partial charge in [-0.15, -0.1) is 0 Å². The number of ether oxygens (including phenoxy) is 3. The van der Waals surface area contributed by atoms with E-state index in [0.29, 0.717) is 37.0 Å². The lowest BCUT2D eigenvalue weighted by atomic mass is 10.1. The summed E-state index contributed by atoms with van der Waals surface area (Å²) in [5.74, 6) is 2.23. The Balaban J connectivity index is 1.52. The van der Waals surface area contributed by atoms with Crippen molar-refractivity contribution in [1.82, 2.24) is 0 Å². The molecular weight excluding hydrogens is 434 g/mol. The fourth-order valence-corrected chi connectivity index (χ4v) is 3.27. The van der Waals surface area contributed by atoms with E-state index < -0.39 is 4.92 Å². The third kappa shape index (κ3) is 6.96. The van der Waals surface area contributed by atoms with E-state index >= 15 is 0 Å². The molecule has 0 aliphatic heterocycles. The van der Waals surface area contributed by atoms with Crippen LogP contribution in [0.5, 0.6) is 17.2 Å². The molecule has 8 heteroatoms. The van der Waals surface area contributed by atoms with Gasteiger partial charge in [0.05, 0.1) is 36.6 Å². The van der Waals surface area contributed by atoms with Crippen LogP contribution in [0.15, 0.2) is 65.8 Å². The number of anilines is 1. The summed E-state index contributed by atoms with van der Waals surface area (Å²) < 4.78 is 17.6. The Morgan fingerprint density at radius 1 is 0.941 bits per heavy atom. The maximum Gasteiger partial charge on any atom is 0.269 e. The lowest BCUT2D eigenvalue weighted by Gasteiger charge is -2.14. The fourth-order valence-electron chi connectivity index (χ4n) is 3.27. The first-order valence-corrected chi connectivity index (χ1v) is 11.1. The van der Waals surface area contributed by atoms with Gasteiger partial charge in [0.2, 0.25) is 0 Å².